The summed E-state index contributed by atoms with van der Waals surface area (Å²) in [6.07, 6.45) is 1.74. The summed E-state index contributed by atoms with van der Waals surface area (Å²) >= 11 is 1.51. The number of rotatable bonds is 5. The molecule has 6 nitrogen and oxygen atoms in total. The number of thiazole rings is 1. The average molecular weight is 290 g/mol. The van der Waals surface area contributed by atoms with Crippen molar-refractivity contribution in [2.75, 3.05) is 31.5 Å². The van der Waals surface area contributed by atoms with Crippen LogP contribution in [0.25, 0.3) is 0 Å². The van der Waals surface area contributed by atoms with Crippen molar-refractivity contribution in [1.82, 2.24) is 13.6 Å². The first kappa shape index (κ1) is 13.7. The van der Waals surface area contributed by atoms with Crippen molar-refractivity contribution in [1.29, 1.82) is 0 Å². The van der Waals surface area contributed by atoms with Crippen LogP contribution in [0, 0.1) is 0 Å². The SMILES string of the molecule is CCNc1ncc(CN2CCN(CC)S2(=O)=O)s1. The van der Waals surface area contributed by atoms with Crippen LogP contribution in [0.4, 0.5) is 5.13 Å². The molecule has 1 aromatic heterocycles. The highest BCUT2D eigenvalue weighted by atomic mass is 32.2. The molecule has 0 amide bonds. The lowest BCUT2D eigenvalue weighted by atomic mass is 10.5. The van der Waals surface area contributed by atoms with Gasteiger partial charge >= 0.3 is 0 Å². The Hall–Kier alpha value is -0.700. The van der Waals surface area contributed by atoms with E-state index in [-0.39, 0.29) is 0 Å². The molecule has 0 saturated carbocycles. The van der Waals surface area contributed by atoms with Crippen molar-refractivity contribution < 1.29 is 8.42 Å². The van der Waals surface area contributed by atoms with Crippen molar-refractivity contribution in [3.8, 4) is 0 Å². The number of hydrogen-bond donors (Lipinski definition) is 1. The van der Waals surface area contributed by atoms with Gasteiger partial charge in [0.2, 0.25) is 0 Å². The van der Waals surface area contributed by atoms with E-state index in [4.69, 9.17) is 0 Å². The molecule has 0 bridgehead atoms. The molecule has 1 fully saturated rings. The molecule has 1 aliphatic heterocycles. The average Bonchev–Trinajstić information content (AvgIpc) is 2.86. The third kappa shape index (κ3) is 2.66. The van der Waals surface area contributed by atoms with Gasteiger partial charge in [0.25, 0.3) is 10.2 Å². The number of hydrogen-bond acceptors (Lipinski definition) is 5. The Bertz CT molecular complexity index is 500. The second kappa shape index (κ2) is 5.52. The lowest BCUT2D eigenvalue weighted by molar-refractivity contribution is 0.445. The Labute approximate surface area is 112 Å². The zero-order valence-electron chi connectivity index (χ0n) is 10.6. The van der Waals surface area contributed by atoms with E-state index in [1.54, 1.807) is 6.20 Å². The minimum absolute atomic E-state index is 0.419. The second-order valence-corrected chi connectivity index (χ2v) is 7.04. The lowest BCUT2D eigenvalue weighted by Gasteiger charge is -2.16. The summed E-state index contributed by atoms with van der Waals surface area (Å²) < 4.78 is 27.2. The van der Waals surface area contributed by atoms with Gasteiger partial charge in [-0.2, -0.15) is 17.0 Å². The van der Waals surface area contributed by atoms with Crippen LogP contribution in [0.2, 0.25) is 0 Å². The normalized spacial score (nSPS) is 20.3. The fraction of sp³-hybridized carbons (Fsp3) is 0.700. The van der Waals surface area contributed by atoms with Gasteiger partial charge in [0.05, 0.1) is 6.54 Å². The van der Waals surface area contributed by atoms with E-state index in [0.717, 1.165) is 16.6 Å². The molecule has 8 heteroatoms. The highest BCUT2D eigenvalue weighted by molar-refractivity contribution is 7.87. The van der Waals surface area contributed by atoms with Crippen molar-refractivity contribution in [3.63, 3.8) is 0 Å². The molecular weight excluding hydrogens is 272 g/mol. The van der Waals surface area contributed by atoms with Gasteiger partial charge in [-0.1, -0.05) is 6.92 Å². The topological polar surface area (TPSA) is 65.5 Å². The Balaban J connectivity index is 2.05. The zero-order valence-corrected chi connectivity index (χ0v) is 12.2. The number of aromatic nitrogens is 1. The molecule has 1 aliphatic rings. The summed E-state index contributed by atoms with van der Waals surface area (Å²) in [4.78, 5) is 5.17. The van der Waals surface area contributed by atoms with Crippen molar-refractivity contribution in [2.24, 2.45) is 0 Å². The first-order valence-corrected chi connectivity index (χ1v) is 8.23. The first-order chi connectivity index (χ1) is 8.57. The Morgan fingerprint density at radius 2 is 2.11 bits per heavy atom. The van der Waals surface area contributed by atoms with Crippen LogP contribution < -0.4 is 5.32 Å². The lowest BCUT2D eigenvalue weighted by Crippen LogP contribution is -2.32. The van der Waals surface area contributed by atoms with E-state index < -0.39 is 10.2 Å². The first-order valence-electron chi connectivity index (χ1n) is 6.01. The minimum Gasteiger partial charge on any atom is -0.362 e. The molecule has 0 radical (unpaired) electrons. The van der Waals surface area contributed by atoms with E-state index in [1.807, 2.05) is 13.8 Å². The highest BCUT2D eigenvalue weighted by Crippen LogP contribution is 2.24. The van der Waals surface area contributed by atoms with E-state index in [0.29, 0.717) is 26.2 Å². The highest BCUT2D eigenvalue weighted by Gasteiger charge is 2.35. The second-order valence-electron chi connectivity index (χ2n) is 4.00. The van der Waals surface area contributed by atoms with E-state index in [2.05, 4.69) is 10.3 Å². The summed E-state index contributed by atoms with van der Waals surface area (Å²) in [6, 6.07) is 0. The van der Waals surface area contributed by atoms with E-state index in [9.17, 15) is 8.42 Å². The quantitative estimate of drug-likeness (QED) is 0.877. The van der Waals surface area contributed by atoms with Crippen LogP contribution in [-0.2, 0) is 16.8 Å². The number of nitrogens with zero attached hydrogens (tertiary/aromatic N) is 3. The summed E-state index contributed by atoms with van der Waals surface area (Å²) in [5, 5.41) is 3.97. The fourth-order valence-corrected chi connectivity index (χ4v) is 4.44. The number of nitrogens with one attached hydrogen (secondary N) is 1. The predicted molar refractivity (Wildman–Crippen MR) is 72.9 cm³/mol. The van der Waals surface area contributed by atoms with Crippen molar-refractivity contribution >= 4 is 26.7 Å². The van der Waals surface area contributed by atoms with Crippen LogP contribution in [-0.4, -0.2) is 48.2 Å². The van der Waals surface area contributed by atoms with Crippen molar-refractivity contribution in [2.45, 2.75) is 20.4 Å². The molecule has 2 heterocycles. The molecule has 0 spiro atoms. The van der Waals surface area contributed by atoms with Crippen LogP contribution in [0.15, 0.2) is 6.20 Å². The maximum Gasteiger partial charge on any atom is 0.282 e. The molecule has 102 valence electrons. The fourth-order valence-electron chi connectivity index (χ4n) is 1.89. The van der Waals surface area contributed by atoms with Gasteiger partial charge < -0.3 is 5.32 Å². The molecule has 1 N–H and O–H groups in total. The van der Waals surface area contributed by atoms with Crippen LogP contribution in [0.5, 0.6) is 0 Å². The Morgan fingerprint density at radius 3 is 2.72 bits per heavy atom. The summed E-state index contributed by atoms with van der Waals surface area (Å²) in [7, 11) is -3.25. The maximum atomic E-state index is 12.1. The molecule has 0 aromatic carbocycles. The third-order valence-electron chi connectivity index (χ3n) is 2.82. The van der Waals surface area contributed by atoms with Gasteiger partial charge in [-0.05, 0) is 6.92 Å². The maximum absolute atomic E-state index is 12.1. The molecule has 1 saturated heterocycles. The Morgan fingerprint density at radius 1 is 1.39 bits per heavy atom. The zero-order chi connectivity index (χ0) is 13.2. The third-order valence-corrected chi connectivity index (χ3v) is 5.82. The molecule has 2 rings (SSSR count). The van der Waals surface area contributed by atoms with Gasteiger partial charge in [0.15, 0.2) is 5.13 Å². The standard InChI is InChI=1S/C10H18N4O2S2/c1-3-11-10-12-7-9(17-10)8-14-6-5-13(4-2)18(14,15)16/h7H,3-6,8H2,1-2H3,(H,11,12). The van der Waals surface area contributed by atoms with Crippen molar-refractivity contribution in [3.05, 3.63) is 11.1 Å². The number of anilines is 1. The monoisotopic (exact) mass is 290 g/mol. The molecule has 0 unspecified atom stereocenters. The number of likely N-dealkylation sites (N-methyl/N-ethyl adjacent to an activating group) is 1. The molecule has 0 aliphatic carbocycles. The predicted octanol–water partition coefficient (Wildman–Crippen LogP) is 0.957. The van der Waals surface area contributed by atoms with Crippen LogP contribution in [0.3, 0.4) is 0 Å². The van der Waals surface area contributed by atoms with Gasteiger partial charge in [0.1, 0.15) is 0 Å². The molecule has 18 heavy (non-hydrogen) atoms. The van der Waals surface area contributed by atoms with Gasteiger partial charge in [0, 0.05) is 37.3 Å². The Kier molecular flexibility index (Phi) is 4.21. The molecule has 0 atom stereocenters. The van der Waals surface area contributed by atoms with Crippen LogP contribution >= 0.6 is 11.3 Å². The van der Waals surface area contributed by atoms with Gasteiger partial charge in [-0.15, -0.1) is 11.3 Å². The summed E-state index contributed by atoms with van der Waals surface area (Å²) in [5.41, 5.74) is 0. The smallest absolute Gasteiger partial charge is 0.282 e. The van der Waals surface area contributed by atoms with Gasteiger partial charge in [-0.3, -0.25) is 0 Å². The molecular formula is C10H18N4O2S2. The molecule has 1 aromatic rings. The van der Waals surface area contributed by atoms with Crippen LogP contribution in [0.1, 0.15) is 18.7 Å². The largest absolute Gasteiger partial charge is 0.362 e. The van der Waals surface area contributed by atoms with E-state index in [1.165, 1.54) is 19.9 Å². The summed E-state index contributed by atoms with van der Waals surface area (Å²) in [5.74, 6) is 0. The van der Waals surface area contributed by atoms with Gasteiger partial charge in [-0.25, -0.2) is 4.98 Å². The van der Waals surface area contributed by atoms with E-state index >= 15 is 0 Å². The minimum atomic E-state index is -3.25. The summed E-state index contributed by atoms with van der Waals surface area (Å²) in [6.45, 7) is 6.77.